The van der Waals surface area contributed by atoms with Crippen LogP contribution in [0.25, 0.3) is 0 Å². The Labute approximate surface area is 206 Å². The SMILES string of the molecule is CCC(C)N1CC2CCC(C1)N2c1ncc(C2CCN(C3CCC(CC(C)=O)CC3)CC2)cn1. The van der Waals surface area contributed by atoms with E-state index in [1.54, 1.807) is 6.92 Å². The second-order valence-electron chi connectivity index (χ2n) is 11.7. The smallest absolute Gasteiger partial charge is 0.225 e. The monoisotopic (exact) mass is 467 g/mol. The molecule has 6 nitrogen and oxygen atoms in total. The molecule has 0 aromatic carbocycles. The van der Waals surface area contributed by atoms with Crippen LogP contribution in [0, 0.1) is 5.92 Å². The van der Waals surface area contributed by atoms with Crippen LogP contribution >= 0.6 is 0 Å². The molecule has 1 aliphatic carbocycles. The van der Waals surface area contributed by atoms with Gasteiger partial charge >= 0.3 is 0 Å². The van der Waals surface area contributed by atoms with E-state index in [0.29, 0.717) is 35.7 Å². The summed E-state index contributed by atoms with van der Waals surface area (Å²) in [5, 5.41) is 0. The maximum absolute atomic E-state index is 11.4. The zero-order chi connectivity index (χ0) is 23.7. The van der Waals surface area contributed by atoms with E-state index in [0.717, 1.165) is 31.5 Å². The van der Waals surface area contributed by atoms with Gasteiger partial charge in [-0.3, -0.25) is 4.90 Å². The van der Waals surface area contributed by atoms with Gasteiger partial charge in [-0.1, -0.05) is 6.92 Å². The third kappa shape index (κ3) is 5.18. The second-order valence-corrected chi connectivity index (χ2v) is 11.7. The predicted octanol–water partition coefficient (Wildman–Crippen LogP) is 4.65. The van der Waals surface area contributed by atoms with Crippen molar-refractivity contribution in [3.63, 3.8) is 0 Å². The van der Waals surface area contributed by atoms with Gasteiger partial charge in [0.1, 0.15) is 5.78 Å². The van der Waals surface area contributed by atoms with Crippen molar-refractivity contribution in [3.05, 3.63) is 18.0 Å². The molecule has 6 heteroatoms. The van der Waals surface area contributed by atoms with E-state index >= 15 is 0 Å². The minimum Gasteiger partial charge on any atom is -0.332 e. The lowest BCUT2D eigenvalue weighted by molar-refractivity contribution is -0.118. The molecule has 34 heavy (non-hydrogen) atoms. The molecule has 1 aromatic heterocycles. The number of likely N-dealkylation sites (tertiary alicyclic amines) is 2. The van der Waals surface area contributed by atoms with E-state index in [9.17, 15) is 4.79 Å². The minimum atomic E-state index is 0.360. The lowest BCUT2D eigenvalue weighted by atomic mass is 9.81. The molecule has 0 amide bonds. The Balaban J connectivity index is 1.12. The number of ketones is 1. The van der Waals surface area contributed by atoms with Gasteiger partial charge in [0.25, 0.3) is 0 Å². The highest BCUT2D eigenvalue weighted by Gasteiger charge is 2.42. The molecule has 1 saturated carbocycles. The molecule has 3 saturated heterocycles. The molecule has 4 aliphatic rings. The van der Waals surface area contributed by atoms with E-state index in [1.165, 1.54) is 76.4 Å². The fourth-order valence-electron chi connectivity index (χ4n) is 7.27. The van der Waals surface area contributed by atoms with Crippen LogP contribution in [0.1, 0.15) is 96.5 Å². The Morgan fingerprint density at radius 3 is 2.09 bits per heavy atom. The van der Waals surface area contributed by atoms with Gasteiger partial charge < -0.3 is 14.6 Å². The maximum atomic E-state index is 11.4. The number of piperazine rings is 1. The first-order valence-corrected chi connectivity index (χ1v) is 14.1. The number of piperidine rings is 1. The maximum Gasteiger partial charge on any atom is 0.225 e. The van der Waals surface area contributed by atoms with Gasteiger partial charge in [0, 0.05) is 56.1 Å². The van der Waals surface area contributed by atoms with Crippen molar-refractivity contribution >= 4 is 11.7 Å². The number of hydrogen-bond donors (Lipinski definition) is 0. The summed E-state index contributed by atoms with van der Waals surface area (Å²) in [6.07, 6.45) is 16.3. The van der Waals surface area contributed by atoms with E-state index in [2.05, 4.69) is 40.9 Å². The Hall–Kier alpha value is -1.53. The summed E-state index contributed by atoms with van der Waals surface area (Å²) in [7, 11) is 0. The van der Waals surface area contributed by atoms with Gasteiger partial charge in [-0.05, 0) is 102 Å². The second kappa shape index (κ2) is 10.6. The van der Waals surface area contributed by atoms with Crippen LogP contribution in [0.5, 0.6) is 0 Å². The molecule has 3 atom stereocenters. The van der Waals surface area contributed by atoms with Crippen LogP contribution in [0.3, 0.4) is 0 Å². The molecule has 4 fully saturated rings. The molecular weight excluding hydrogens is 422 g/mol. The van der Waals surface area contributed by atoms with E-state index in [4.69, 9.17) is 9.97 Å². The highest BCUT2D eigenvalue weighted by atomic mass is 16.1. The third-order valence-electron chi connectivity index (χ3n) is 9.52. The highest BCUT2D eigenvalue weighted by molar-refractivity contribution is 5.75. The Bertz CT molecular complexity index is 799. The first kappa shape index (κ1) is 24.2. The number of hydrogen-bond acceptors (Lipinski definition) is 6. The molecule has 5 rings (SSSR count). The zero-order valence-corrected chi connectivity index (χ0v) is 21.7. The largest absolute Gasteiger partial charge is 0.332 e. The van der Waals surface area contributed by atoms with Crippen molar-refractivity contribution < 1.29 is 4.79 Å². The molecular formula is C28H45N5O. The van der Waals surface area contributed by atoms with E-state index in [-0.39, 0.29) is 0 Å². The Morgan fingerprint density at radius 2 is 1.53 bits per heavy atom. The fourth-order valence-corrected chi connectivity index (χ4v) is 7.27. The highest BCUT2D eigenvalue weighted by Crippen LogP contribution is 2.36. The molecule has 4 heterocycles. The molecule has 3 aliphatic heterocycles. The number of rotatable bonds is 7. The van der Waals surface area contributed by atoms with Crippen LogP contribution in [0.2, 0.25) is 0 Å². The number of fused-ring (bicyclic) bond motifs is 2. The number of aromatic nitrogens is 2. The molecule has 2 bridgehead atoms. The summed E-state index contributed by atoms with van der Waals surface area (Å²) in [6.45, 7) is 11.1. The normalized spacial score (nSPS) is 32.1. The summed E-state index contributed by atoms with van der Waals surface area (Å²) in [4.78, 5) is 29.2. The van der Waals surface area contributed by atoms with Crippen molar-refractivity contribution in [2.45, 2.75) is 115 Å². The van der Waals surface area contributed by atoms with Crippen molar-refractivity contribution in [1.82, 2.24) is 19.8 Å². The number of Topliss-reactive ketones (excluding diaryl/α,β-unsaturated/α-hetero) is 1. The standard InChI is InChI=1S/C28H45N5O/c1-4-20(2)32-18-26-9-10-27(19-32)33(26)28-29-16-24(17-30-28)23-11-13-31(14-12-23)25-7-5-22(6-8-25)15-21(3)34/h16-17,20,22-23,25-27H,4-15,18-19H2,1-3H3. The van der Waals surface area contributed by atoms with Crippen LogP contribution in [0.15, 0.2) is 12.4 Å². The number of carbonyl (C=O) groups is 1. The summed E-state index contributed by atoms with van der Waals surface area (Å²) >= 11 is 0. The van der Waals surface area contributed by atoms with Crippen molar-refractivity contribution in [1.29, 1.82) is 0 Å². The third-order valence-corrected chi connectivity index (χ3v) is 9.52. The first-order valence-electron chi connectivity index (χ1n) is 14.1. The summed E-state index contributed by atoms with van der Waals surface area (Å²) in [6, 6.07) is 2.56. The number of nitrogens with zero attached hydrogens (tertiary/aromatic N) is 5. The van der Waals surface area contributed by atoms with Crippen LogP contribution in [0.4, 0.5) is 5.95 Å². The first-order chi connectivity index (χ1) is 16.5. The number of anilines is 1. The van der Waals surface area contributed by atoms with Gasteiger partial charge in [0.15, 0.2) is 0 Å². The molecule has 0 spiro atoms. The summed E-state index contributed by atoms with van der Waals surface area (Å²) < 4.78 is 0. The fraction of sp³-hybridized carbons (Fsp3) is 0.821. The summed E-state index contributed by atoms with van der Waals surface area (Å²) in [5.74, 6) is 2.55. The molecule has 1 aromatic rings. The van der Waals surface area contributed by atoms with Crippen LogP contribution < -0.4 is 4.90 Å². The lowest BCUT2D eigenvalue weighted by Gasteiger charge is -2.43. The Kier molecular flexibility index (Phi) is 7.55. The van der Waals surface area contributed by atoms with Gasteiger partial charge in [-0.15, -0.1) is 0 Å². The topological polar surface area (TPSA) is 52.6 Å². The van der Waals surface area contributed by atoms with Gasteiger partial charge in [0.2, 0.25) is 5.95 Å². The Morgan fingerprint density at radius 1 is 0.941 bits per heavy atom. The van der Waals surface area contributed by atoms with Crippen molar-refractivity contribution in [3.8, 4) is 0 Å². The van der Waals surface area contributed by atoms with Crippen LogP contribution in [-0.2, 0) is 4.79 Å². The average molecular weight is 468 g/mol. The predicted molar refractivity (Wildman–Crippen MR) is 137 cm³/mol. The zero-order valence-electron chi connectivity index (χ0n) is 21.7. The molecule has 188 valence electrons. The van der Waals surface area contributed by atoms with Gasteiger partial charge in [-0.2, -0.15) is 0 Å². The molecule has 0 N–H and O–H groups in total. The van der Waals surface area contributed by atoms with Crippen molar-refractivity contribution in [2.24, 2.45) is 5.92 Å². The van der Waals surface area contributed by atoms with E-state index in [1.807, 2.05) is 0 Å². The quantitative estimate of drug-likeness (QED) is 0.582. The molecule has 3 unspecified atom stereocenters. The molecule has 0 radical (unpaired) electrons. The van der Waals surface area contributed by atoms with Gasteiger partial charge in [-0.25, -0.2) is 9.97 Å². The lowest BCUT2D eigenvalue weighted by Crippen LogP contribution is -2.56. The summed E-state index contributed by atoms with van der Waals surface area (Å²) in [5.41, 5.74) is 1.33. The average Bonchev–Trinajstić information content (AvgIpc) is 3.12. The van der Waals surface area contributed by atoms with Crippen molar-refractivity contribution in [2.75, 3.05) is 31.1 Å². The van der Waals surface area contributed by atoms with Crippen LogP contribution in [-0.4, -0.2) is 75.9 Å². The van der Waals surface area contributed by atoms with Gasteiger partial charge in [0.05, 0.1) is 0 Å². The minimum absolute atomic E-state index is 0.360. The number of carbonyl (C=O) groups excluding carboxylic acids is 1. The van der Waals surface area contributed by atoms with E-state index < -0.39 is 0 Å².